The standard InChI is InChI=1S/C15H20N4O2/c1-10(2)7-16-14(20)8-19(3)15(21)11-4-5-12-13(6-11)18-9-17-12/h4-6,9-10H,7-8H2,1-3H3,(H,16,20)(H,17,18). The van der Waals surface area contributed by atoms with Gasteiger partial charge in [-0.05, 0) is 24.1 Å². The second kappa shape index (κ2) is 6.39. The van der Waals surface area contributed by atoms with Crippen molar-refractivity contribution in [3.63, 3.8) is 0 Å². The fourth-order valence-corrected chi connectivity index (χ4v) is 1.95. The van der Waals surface area contributed by atoms with Crippen molar-refractivity contribution in [2.75, 3.05) is 20.1 Å². The van der Waals surface area contributed by atoms with E-state index in [2.05, 4.69) is 15.3 Å². The lowest BCUT2D eigenvalue weighted by Gasteiger charge is -2.17. The Balaban J connectivity index is 1.99. The third-order valence-corrected chi connectivity index (χ3v) is 3.10. The zero-order valence-corrected chi connectivity index (χ0v) is 12.5. The quantitative estimate of drug-likeness (QED) is 0.873. The lowest BCUT2D eigenvalue weighted by molar-refractivity contribution is -0.121. The first kappa shape index (κ1) is 15.0. The molecule has 112 valence electrons. The number of nitrogens with zero attached hydrogens (tertiary/aromatic N) is 2. The Bertz CT molecular complexity index is 648. The van der Waals surface area contributed by atoms with Crippen LogP contribution in [0.3, 0.4) is 0 Å². The number of carbonyl (C=O) groups excluding carboxylic acids is 2. The van der Waals surface area contributed by atoms with Crippen LogP contribution >= 0.6 is 0 Å². The maximum atomic E-state index is 12.3. The molecule has 1 heterocycles. The number of fused-ring (bicyclic) bond motifs is 1. The van der Waals surface area contributed by atoms with Crippen LogP contribution < -0.4 is 5.32 Å². The van der Waals surface area contributed by atoms with Gasteiger partial charge in [-0.15, -0.1) is 0 Å². The number of imidazole rings is 1. The smallest absolute Gasteiger partial charge is 0.254 e. The molecule has 6 heteroatoms. The molecule has 0 atom stereocenters. The minimum atomic E-state index is -0.189. The first-order valence-corrected chi connectivity index (χ1v) is 6.92. The van der Waals surface area contributed by atoms with E-state index >= 15 is 0 Å². The Morgan fingerprint density at radius 2 is 2.14 bits per heavy atom. The van der Waals surface area contributed by atoms with Crippen molar-refractivity contribution >= 4 is 22.8 Å². The minimum Gasteiger partial charge on any atom is -0.354 e. The molecule has 0 fully saturated rings. The number of carbonyl (C=O) groups is 2. The van der Waals surface area contributed by atoms with Gasteiger partial charge in [-0.25, -0.2) is 4.98 Å². The third kappa shape index (κ3) is 3.81. The molecule has 1 aromatic heterocycles. The molecule has 0 bridgehead atoms. The van der Waals surface area contributed by atoms with E-state index in [4.69, 9.17) is 0 Å². The van der Waals surface area contributed by atoms with E-state index in [0.717, 1.165) is 11.0 Å². The summed E-state index contributed by atoms with van der Waals surface area (Å²) in [5.74, 6) is 0.0473. The summed E-state index contributed by atoms with van der Waals surface area (Å²) < 4.78 is 0. The van der Waals surface area contributed by atoms with Crippen LogP contribution in [0.1, 0.15) is 24.2 Å². The Labute approximate surface area is 123 Å². The summed E-state index contributed by atoms with van der Waals surface area (Å²) in [4.78, 5) is 32.5. The number of nitrogens with one attached hydrogen (secondary N) is 2. The summed E-state index contributed by atoms with van der Waals surface area (Å²) >= 11 is 0. The SMILES string of the molecule is CC(C)CNC(=O)CN(C)C(=O)c1ccc2nc[nH]c2c1. The summed E-state index contributed by atoms with van der Waals surface area (Å²) in [6.45, 7) is 4.71. The van der Waals surface area contributed by atoms with Crippen molar-refractivity contribution < 1.29 is 9.59 Å². The Hall–Kier alpha value is -2.37. The second-order valence-electron chi connectivity index (χ2n) is 5.49. The van der Waals surface area contributed by atoms with Crippen molar-refractivity contribution in [2.45, 2.75) is 13.8 Å². The van der Waals surface area contributed by atoms with Crippen LogP contribution in [-0.4, -0.2) is 46.8 Å². The van der Waals surface area contributed by atoms with Gasteiger partial charge < -0.3 is 15.2 Å². The summed E-state index contributed by atoms with van der Waals surface area (Å²) in [5.41, 5.74) is 2.15. The van der Waals surface area contributed by atoms with Gasteiger partial charge in [0.25, 0.3) is 5.91 Å². The van der Waals surface area contributed by atoms with E-state index in [9.17, 15) is 9.59 Å². The van der Waals surface area contributed by atoms with Crippen molar-refractivity contribution in [3.05, 3.63) is 30.1 Å². The minimum absolute atomic E-state index is 0.0482. The normalized spacial score (nSPS) is 10.9. The van der Waals surface area contributed by atoms with Gasteiger partial charge in [-0.3, -0.25) is 9.59 Å². The van der Waals surface area contributed by atoms with Gasteiger partial charge >= 0.3 is 0 Å². The maximum absolute atomic E-state index is 12.3. The van der Waals surface area contributed by atoms with Crippen LogP contribution in [0, 0.1) is 5.92 Å². The molecule has 0 aliphatic rings. The van der Waals surface area contributed by atoms with Gasteiger partial charge in [-0.2, -0.15) is 0 Å². The van der Waals surface area contributed by atoms with E-state index in [1.807, 2.05) is 13.8 Å². The summed E-state index contributed by atoms with van der Waals surface area (Å²) in [6.07, 6.45) is 1.59. The highest BCUT2D eigenvalue weighted by Gasteiger charge is 2.15. The van der Waals surface area contributed by atoms with Crippen LogP contribution in [0.5, 0.6) is 0 Å². The molecular weight excluding hydrogens is 268 g/mol. The van der Waals surface area contributed by atoms with E-state index < -0.39 is 0 Å². The van der Waals surface area contributed by atoms with E-state index in [1.165, 1.54) is 4.90 Å². The molecule has 0 aliphatic heterocycles. The molecule has 21 heavy (non-hydrogen) atoms. The van der Waals surface area contributed by atoms with Gasteiger partial charge in [-0.1, -0.05) is 13.8 Å². The summed E-state index contributed by atoms with van der Waals surface area (Å²) in [5, 5.41) is 2.80. The predicted molar refractivity (Wildman–Crippen MR) is 80.9 cm³/mol. The van der Waals surface area contributed by atoms with Crippen molar-refractivity contribution in [2.24, 2.45) is 5.92 Å². The van der Waals surface area contributed by atoms with Crippen molar-refractivity contribution in [3.8, 4) is 0 Å². The highest BCUT2D eigenvalue weighted by atomic mass is 16.2. The maximum Gasteiger partial charge on any atom is 0.254 e. The first-order valence-electron chi connectivity index (χ1n) is 6.92. The molecular formula is C15H20N4O2. The average molecular weight is 288 g/mol. The second-order valence-corrected chi connectivity index (χ2v) is 5.49. The highest BCUT2D eigenvalue weighted by Crippen LogP contribution is 2.13. The highest BCUT2D eigenvalue weighted by molar-refractivity contribution is 5.98. The van der Waals surface area contributed by atoms with E-state index in [-0.39, 0.29) is 18.4 Å². The largest absolute Gasteiger partial charge is 0.354 e. The summed E-state index contributed by atoms with van der Waals surface area (Å²) in [7, 11) is 1.62. The van der Waals surface area contributed by atoms with Gasteiger partial charge in [0.15, 0.2) is 0 Å². The number of amides is 2. The Morgan fingerprint density at radius 1 is 1.38 bits per heavy atom. The Kier molecular flexibility index (Phi) is 4.57. The average Bonchev–Trinajstić information content (AvgIpc) is 2.91. The molecule has 0 aliphatic carbocycles. The number of hydrogen-bond acceptors (Lipinski definition) is 3. The molecule has 0 spiro atoms. The molecule has 2 amide bonds. The van der Waals surface area contributed by atoms with Crippen LogP contribution in [0.15, 0.2) is 24.5 Å². The number of H-pyrrole nitrogens is 1. The van der Waals surface area contributed by atoms with E-state index in [0.29, 0.717) is 18.0 Å². The fourth-order valence-electron chi connectivity index (χ4n) is 1.95. The van der Waals surface area contributed by atoms with Gasteiger partial charge in [0, 0.05) is 19.2 Å². The van der Waals surface area contributed by atoms with Crippen LogP contribution in [0.2, 0.25) is 0 Å². The van der Waals surface area contributed by atoms with Gasteiger partial charge in [0.05, 0.1) is 23.9 Å². The molecule has 0 radical (unpaired) electrons. The van der Waals surface area contributed by atoms with Gasteiger partial charge in [0.1, 0.15) is 0 Å². The van der Waals surface area contributed by atoms with Crippen LogP contribution in [0.25, 0.3) is 11.0 Å². The number of likely N-dealkylation sites (N-methyl/N-ethyl adjacent to an activating group) is 1. The molecule has 2 rings (SSSR count). The number of hydrogen-bond donors (Lipinski definition) is 2. The number of aromatic amines is 1. The van der Waals surface area contributed by atoms with Gasteiger partial charge in [0.2, 0.25) is 5.91 Å². The molecule has 0 unspecified atom stereocenters. The zero-order chi connectivity index (χ0) is 15.4. The monoisotopic (exact) mass is 288 g/mol. The molecule has 2 N–H and O–H groups in total. The van der Waals surface area contributed by atoms with Crippen molar-refractivity contribution in [1.82, 2.24) is 20.2 Å². The lowest BCUT2D eigenvalue weighted by atomic mass is 10.2. The summed E-state index contributed by atoms with van der Waals surface area (Å²) in [6, 6.07) is 5.24. The lowest BCUT2D eigenvalue weighted by Crippen LogP contribution is -2.39. The zero-order valence-electron chi connectivity index (χ0n) is 12.5. The Morgan fingerprint density at radius 3 is 2.86 bits per heavy atom. The molecule has 2 aromatic rings. The first-order chi connectivity index (χ1) is 9.97. The number of aromatic nitrogens is 2. The number of rotatable bonds is 5. The van der Waals surface area contributed by atoms with Crippen LogP contribution in [0.4, 0.5) is 0 Å². The van der Waals surface area contributed by atoms with E-state index in [1.54, 1.807) is 31.6 Å². The molecule has 1 aromatic carbocycles. The molecule has 6 nitrogen and oxygen atoms in total. The fraction of sp³-hybridized carbons (Fsp3) is 0.400. The third-order valence-electron chi connectivity index (χ3n) is 3.10. The predicted octanol–water partition coefficient (Wildman–Crippen LogP) is 1.41. The number of benzene rings is 1. The molecule has 0 saturated heterocycles. The molecule has 0 saturated carbocycles. The van der Waals surface area contributed by atoms with Crippen LogP contribution in [-0.2, 0) is 4.79 Å². The van der Waals surface area contributed by atoms with Crippen molar-refractivity contribution in [1.29, 1.82) is 0 Å². The topological polar surface area (TPSA) is 78.1 Å².